The monoisotopic (exact) mass is 310 g/mol. The Morgan fingerprint density at radius 3 is 2.50 bits per heavy atom. The summed E-state index contributed by atoms with van der Waals surface area (Å²) in [4.78, 5) is 9.98. The molecule has 1 aromatic heterocycles. The van der Waals surface area contributed by atoms with E-state index < -0.39 is 0 Å². The van der Waals surface area contributed by atoms with Crippen molar-refractivity contribution in [2.75, 3.05) is 0 Å². The fraction of sp³-hybridized carbons (Fsp3) is 0.182. The molecule has 0 radical (unpaired) electrons. The lowest BCUT2D eigenvalue weighted by Crippen LogP contribution is -2.19. The maximum atomic E-state index is 5.00. The van der Waals surface area contributed by atoms with Crippen LogP contribution in [0.1, 0.15) is 35.6 Å². The van der Waals surface area contributed by atoms with Gasteiger partial charge in [0, 0.05) is 17.4 Å². The van der Waals surface area contributed by atoms with E-state index in [0.29, 0.717) is 5.92 Å². The number of rotatable bonds is 0. The zero-order valence-corrected chi connectivity index (χ0v) is 13.8. The number of allylic oxidation sites excluding steroid dienone is 4. The molecular formula is C22H18N2. The van der Waals surface area contributed by atoms with Crippen LogP contribution in [-0.2, 0) is 0 Å². The van der Waals surface area contributed by atoms with Gasteiger partial charge in [-0.3, -0.25) is 0 Å². The van der Waals surface area contributed by atoms with Crippen LogP contribution in [0.5, 0.6) is 0 Å². The Labute approximate surface area is 141 Å². The van der Waals surface area contributed by atoms with Gasteiger partial charge in [0.1, 0.15) is 0 Å². The Hall–Kier alpha value is -2.74. The average molecular weight is 310 g/mol. The number of hydrogen-bond acceptors (Lipinski definition) is 2. The molecule has 0 spiro atoms. The number of nitrogens with zero attached hydrogens (tertiary/aromatic N) is 2. The molecule has 0 saturated heterocycles. The van der Waals surface area contributed by atoms with Crippen LogP contribution in [0.15, 0.2) is 66.3 Å². The van der Waals surface area contributed by atoms with E-state index in [2.05, 4.69) is 56.3 Å². The summed E-state index contributed by atoms with van der Waals surface area (Å²) < 4.78 is 0. The van der Waals surface area contributed by atoms with Gasteiger partial charge in [0.25, 0.3) is 0 Å². The van der Waals surface area contributed by atoms with Crippen molar-refractivity contribution in [3.05, 3.63) is 83.1 Å². The quantitative estimate of drug-likeness (QED) is 0.563. The van der Waals surface area contributed by atoms with Crippen LogP contribution in [0.25, 0.3) is 22.3 Å². The van der Waals surface area contributed by atoms with Crippen molar-refractivity contribution in [2.45, 2.75) is 25.7 Å². The lowest BCUT2D eigenvalue weighted by atomic mass is 9.72. The molecule has 2 nitrogen and oxygen atoms in total. The molecule has 0 amide bonds. The van der Waals surface area contributed by atoms with Crippen molar-refractivity contribution in [3.63, 3.8) is 0 Å². The van der Waals surface area contributed by atoms with Gasteiger partial charge < -0.3 is 0 Å². The Bertz CT molecular complexity index is 1040. The lowest BCUT2D eigenvalue weighted by molar-refractivity contribution is 0.690. The van der Waals surface area contributed by atoms with E-state index in [1.165, 1.54) is 22.3 Å². The molecule has 2 aliphatic carbocycles. The Balaban J connectivity index is 1.87. The largest absolute Gasteiger partial charge is 0.248 e. The predicted octanol–water partition coefficient (Wildman–Crippen LogP) is 5.30. The topological polar surface area (TPSA) is 25.8 Å². The summed E-state index contributed by atoms with van der Waals surface area (Å²) in [6.07, 6.45) is 6.89. The summed E-state index contributed by atoms with van der Waals surface area (Å²) >= 11 is 0. The van der Waals surface area contributed by atoms with E-state index in [4.69, 9.17) is 9.97 Å². The van der Waals surface area contributed by atoms with Crippen LogP contribution in [0.2, 0.25) is 0 Å². The molecule has 5 rings (SSSR count). The molecule has 3 aromatic rings. The van der Waals surface area contributed by atoms with E-state index in [1.807, 2.05) is 18.2 Å². The fourth-order valence-corrected chi connectivity index (χ4v) is 3.98. The minimum Gasteiger partial charge on any atom is -0.248 e. The Morgan fingerprint density at radius 1 is 0.875 bits per heavy atom. The summed E-state index contributed by atoms with van der Waals surface area (Å²) in [6, 6.07) is 14.9. The van der Waals surface area contributed by atoms with Gasteiger partial charge in [0.15, 0.2) is 0 Å². The molecule has 116 valence electrons. The summed E-state index contributed by atoms with van der Waals surface area (Å²) in [6.45, 7) is 4.33. The molecule has 2 unspecified atom stereocenters. The second kappa shape index (κ2) is 4.88. The van der Waals surface area contributed by atoms with Gasteiger partial charge in [0.2, 0.25) is 0 Å². The molecule has 2 heteroatoms. The van der Waals surface area contributed by atoms with Crippen molar-refractivity contribution in [3.8, 4) is 11.3 Å². The summed E-state index contributed by atoms with van der Waals surface area (Å²) in [5, 5.41) is 0. The summed E-state index contributed by atoms with van der Waals surface area (Å²) in [5.41, 5.74) is 9.32. The highest BCUT2D eigenvalue weighted by Crippen LogP contribution is 2.49. The molecule has 24 heavy (non-hydrogen) atoms. The van der Waals surface area contributed by atoms with E-state index in [0.717, 1.165) is 22.4 Å². The zero-order chi connectivity index (χ0) is 16.3. The van der Waals surface area contributed by atoms with Crippen molar-refractivity contribution in [1.82, 2.24) is 9.97 Å². The molecule has 1 heterocycles. The molecule has 0 saturated carbocycles. The van der Waals surface area contributed by atoms with Gasteiger partial charge in [-0.2, -0.15) is 0 Å². The van der Waals surface area contributed by atoms with Crippen molar-refractivity contribution in [2.24, 2.45) is 0 Å². The van der Waals surface area contributed by atoms with Crippen LogP contribution >= 0.6 is 0 Å². The molecule has 2 aliphatic rings. The Morgan fingerprint density at radius 2 is 1.67 bits per heavy atom. The maximum Gasteiger partial charge on any atom is 0.0934 e. The third-order valence-electron chi connectivity index (χ3n) is 5.13. The highest BCUT2D eigenvalue weighted by molar-refractivity contribution is 5.81. The van der Waals surface area contributed by atoms with E-state index >= 15 is 0 Å². The normalized spacial score (nSPS) is 21.0. The van der Waals surface area contributed by atoms with Gasteiger partial charge in [0.05, 0.1) is 22.4 Å². The fourth-order valence-electron chi connectivity index (χ4n) is 3.98. The number of para-hydroxylation sites is 2. The first-order valence-corrected chi connectivity index (χ1v) is 8.45. The molecule has 0 bridgehead atoms. The number of hydrogen-bond donors (Lipinski definition) is 0. The predicted molar refractivity (Wildman–Crippen MR) is 98.1 cm³/mol. The van der Waals surface area contributed by atoms with E-state index in [1.54, 1.807) is 0 Å². The van der Waals surface area contributed by atoms with Gasteiger partial charge >= 0.3 is 0 Å². The third-order valence-corrected chi connectivity index (χ3v) is 5.13. The summed E-state index contributed by atoms with van der Waals surface area (Å²) in [5.74, 6) is 0.628. The molecule has 2 aromatic carbocycles. The van der Waals surface area contributed by atoms with Crippen LogP contribution in [-0.4, -0.2) is 9.97 Å². The number of aryl methyl sites for hydroxylation is 1. The zero-order valence-electron chi connectivity index (χ0n) is 13.8. The van der Waals surface area contributed by atoms with E-state index in [-0.39, 0.29) is 5.92 Å². The molecule has 0 N–H and O–H groups in total. The molecule has 0 fully saturated rings. The second-order valence-corrected chi connectivity index (χ2v) is 6.86. The van der Waals surface area contributed by atoms with Crippen LogP contribution < -0.4 is 0 Å². The second-order valence-electron chi connectivity index (χ2n) is 6.86. The smallest absolute Gasteiger partial charge is 0.0934 e. The lowest BCUT2D eigenvalue weighted by Gasteiger charge is -2.33. The minimum atomic E-state index is 0.273. The van der Waals surface area contributed by atoms with Crippen molar-refractivity contribution >= 4 is 11.0 Å². The van der Waals surface area contributed by atoms with Crippen LogP contribution in [0, 0.1) is 6.92 Å². The van der Waals surface area contributed by atoms with Gasteiger partial charge in [-0.25, -0.2) is 9.97 Å². The minimum absolute atomic E-state index is 0.273. The van der Waals surface area contributed by atoms with Crippen molar-refractivity contribution < 1.29 is 0 Å². The highest BCUT2D eigenvalue weighted by Gasteiger charge is 2.34. The maximum absolute atomic E-state index is 5.00. The van der Waals surface area contributed by atoms with Crippen molar-refractivity contribution in [1.29, 1.82) is 0 Å². The first-order chi connectivity index (χ1) is 11.7. The summed E-state index contributed by atoms with van der Waals surface area (Å²) in [7, 11) is 0. The first kappa shape index (κ1) is 13.7. The number of fused-ring (bicyclic) bond motifs is 7. The van der Waals surface area contributed by atoms with Gasteiger partial charge in [-0.05, 0) is 31.5 Å². The Kier molecular flexibility index (Phi) is 2.78. The molecule has 0 aliphatic heterocycles. The first-order valence-electron chi connectivity index (χ1n) is 8.45. The molecule has 2 atom stereocenters. The molecular weight excluding hydrogens is 292 g/mol. The van der Waals surface area contributed by atoms with E-state index in [9.17, 15) is 0 Å². The number of aromatic nitrogens is 2. The van der Waals surface area contributed by atoms with Crippen LogP contribution in [0.4, 0.5) is 0 Å². The van der Waals surface area contributed by atoms with Gasteiger partial charge in [-0.1, -0.05) is 59.7 Å². The number of benzene rings is 2. The van der Waals surface area contributed by atoms with Crippen LogP contribution in [0.3, 0.4) is 0 Å². The SMILES string of the molecule is CC1=CC2c3cc(C)ccc3-c3nc4ccccc4nc3C2C=C1. The standard InChI is InChI=1S/C22H18N2/c1-13-7-9-15-17(11-13)18-12-14(2)8-10-16(18)22-21(15)23-19-5-3-4-6-20(19)24-22/h3-12,15,17H,1-2H3. The highest BCUT2D eigenvalue weighted by atomic mass is 14.8. The van der Waals surface area contributed by atoms with Gasteiger partial charge in [-0.15, -0.1) is 0 Å². The average Bonchev–Trinajstić information content (AvgIpc) is 2.60. The third kappa shape index (κ3) is 1.89.